The number of rotatable bonds is 4. The largest absolute Gasteiger partial charge is 0.494 e. The van der Waals surface area contributed by atoms with Crippen LogP contribution in [0.1, 0.15) is 19.4 Å². The summed E-state index contributed by atoms with van der Waals surface area (Å²) >= 11 is 0. The van der Waals surface area contributed by atoms with Gasteiger partial charge in [0.25, 0.3) is 0 Å². The van der Waals surface area contributed by atoms with Crippen LogP contribution < -0.4 is 10.1 Å². The van der Waals surface area contributed by atoms with E-state index in [1.807, 2.05) is 13.0 Å². The van der Waals surface area contributed by atoms with Gasteiger partial charge in [-0.3, -0.25) is 4.90 Å². The SMILES string of the molecule is CCOc1ccccc1CN1CCN[C@H](C)C1. The van der Waals surface area contributed by atoms with Crippen LogP contribution >= 0.6 is 0 Å². The predicted octanol–water partition coefficient (Wildman–Crippen LogP) is 1.88. The van der Waals surface area contributed by atoms with Crippen LogP contribution in [0.4, 0.5) is 0 Å². The van der Waals surface area contributed by atoms with Crippen molar-refractivity contribution in [2.75, 3.05) is 26.2 Å². The van der Waals surface area contributed by atoms with Crippen molar-refractivity contribution < 1.29 is 4.74 Å². The predicted molar refractivity (Wildman–Crippen MR) is 70.4 cm³/mol. The standard InChI is InChI=1S/C14H22N2O/c1-3-17-14-7-5-4-6-13(14)11-16-9-8-15-12(2)10-16/h4-7,12,15H,3,8-11H2,1-2H3/t12-/m1/s1. The number of hydrogen-bond donors (Lipinski definition) is 1. The molecule has 1 heterocycles. The maximum atomic E-state index is 5.66. The van der Waals surface area contributed by atoms with Crippen molar-refractivity contribution in [3.63, 3.8) is 0 Å². The van der Waals surface area contributed by atoms with Crippen molar-refractivity contribution in [2.45, 2.75) is 26.4 Å². The van der Waals surface area contributed by atoms with E-state index >= 15 is 0 Å². The van der Waals surface area contributed by atoms with Crippen molar-refractivity contribution in [1.82, 2.24) is 10.2 Å². The third-order valence-corrected chi connectivity index (χ3v) is 3.12. The summed E-state index contributed by atoms with van der Waals surface area (Å²) in [6.45, 7) is 9.30. The van der Waals surface area contributed by atoms with Crippen molar-refractivity contribution >= 4 is 0 Å². The van der Waals surface area contributed by atoms with E-state index in [0.29, 0.717) is 6.04 Å². The van der Waals surface area contributed by atoms with Crippen LogP contribution in [0.2, 0.25) is 0 Å². The van der Waals surface area contributed by atoms with Crippen LogP contribution in [-0.4, -0.2) is 37.2 Å². The summed E-state index contributed by atoms with van der Waals surface area (Å²) in [6.07, 6.45) is 0. The quantitative estimate of drug-likeness (QED) is 0.861. The normalized spacial score (nSPS) is 21.4. The number of piperazine rings is 1. The van der Waals surface area contributed by atoms with Gasteiger partial charge in [-0.2, -0.15) is 0 Å². The molecule has 1 fully saturated rings. The Kier molecular flexibility index (Phi) is 4.40. The Morgan fingerprint density at radius 3 is 3.00 bits per heavy atom. The van der Waals surface area contributed by atoms with E-state index in [4.69, 9.17) is 4.74 Å². The lowest BCUT2D eigenvalue weighted by atomic mass is 10.1. The second-order valence-corrected chi connectivity index (χ2v) is 4.63. The lowest BCUT2D eigenvalue weighted by Gasteiger charge is -2.32. The van der Waals surface area contributed by atoms with Crippen molar-refractivity contribution in [3.8, 4) is 5.75 Å². The highest BCUT2D eigenvalue weighted by Crippen LogP contribution is 2.20. The second-order valence-electron chi connectivity index (χ2n) is 4.63. The van der Waals surface area contributed by atoms with Crippen molar-refractivity contribution in [3.05, 3.63) is 29.8 Å². The molecule has 1 aromatic rings. The van der Waals surface area contributed by atoms with E-state index in [1.165, 1.54) is 5.56 Å². The molecule has 0 bridgehead atoms. The Bertz CT molecular complexity index is 354. The molecule has 0 unspecified atom stereocenters. The zero-order valence-corrected chi connectivity index (χ0v) is 10.8. The Morgan fingerprint density at radius 1 is 1.41 bits per heavy atom. The summed E-state index contributed by atoms with van der Waals surface area (Å²) < 4.78 is 5.66. The average Bonchev–Trinajstić information content (AvgIpc) is 2.32. The number of ether oxygens (including phenoxy) is 1. The summed E-state index contributed by atoms with van der Waals surface area (Å²) in [5.41, 5.74) is 1.29. The molecular formula is C14H22N2O. The molecule has 1 aliphatic rings. The maximum Gasteiger partial charge on any atom is 0.123 e. The molecule has 94 valence electrons. The third-order valence-electron chi connectivity index (χ3n) is 3.12. The summed E-state index contributed by atoms with van der Waals surface area (Å²) in [6, 6.07) is 8.93. The fourth-order valence-electron chi connectivity index (χ4n) is 2.33. The molecule has 1 N–H and O–H groups in total. The Morgan fingerprint density at radius 2 is 2.24 bits per heavy atom. The first kappa shape index (κ1) is 12.4. The summed E-state index contributed by atoms with van der Waals surface area (Å²) in [7, 11) is 0. The molecule has 0 aromatic heterocycles. The average molecular weight is 234 g/mol. The van der Waals surface area contributed by atoms with Crippen LogP contribution in [-0.2, 0) is 6.54 Å². The summed E-state index contributed by atoms with van der Waals surface area (Å²) in [5, 5.41) is 3.46. The summed E-state index contributed by atoms with van der Waals surface area (Å²) in [4.78, 5) is 2.49. The number of hydrogen-bond acceptors (Lipinski definition) is 3. The van der Waals surface area contributed by atoms with Gasteiger partial charge in [0.1, 0.15) is 5.75 Å². The Labute approximate surface area is 104 Å². The van der Waals surface area contributed by atoms with Crippen LogP contribution in [0.15, 0.2) is 24.3 Å². The monoisotopic (exact) mass is 234 g/mol. The van der Waals surface area contributed by atoms with Gasteiger partial charge in [0.2, 0.25) is 0 Å². The third kappa shape index (κ3) is 3.45. The van der Waals surface area contributed by atoms with Crippen molar-refractivity contribution in [2.24, 2.45) is 0 Å². The first-order chi connectivity index (χ1) is 8.29. The first-order valence-corrected chi connectivity index (χ1v) is 6.46. The highest BCUT2D eigenvalue weighted by Gasteiger charge is 2.16. The molecule has 17 heavy (non-hydrogen) atoms. The van der Waals surface area contributed by atoms with E-state index < -0.39 is 0 Å². The summed E-state index contributed by atoms with van der Waals surface area (Å²) in [5.74, 6) is 1.03. The van der Waals surface area contributed by atoms with Gasteiger partial charge < -0.3 is 10.1 Å². The van der Waals surface area contributed by atoms with Crippen LogP contribution in [0.5, 0.6) is 5.75 Å². The first-order valence-electron chi connectivity index (χ1n) is 6.46. The van der Waals surface area contributed by atoms with Gasteiger partial charge in [-0.1, -0.05) is 18.2 Å². The van der Waals surface area contributed by atoms with Gasteiger partial charge in [-0.15, -0.1) is 0 Å². The van der Waals surface area contributed by atoms with E-state index in [-0.39, 0.29) is 0 Å². The molecule has 1 aromatic carbocycles. The highest BCUT2D eigenvalue weighted by molar-refractivity contribution is 5.33. The molecule has 3 heteroatoms. The zero-order valence-electron chi connectivity index (χ0n) is 10.8. The van der Waals surface area contributed by atoms with Gasteiger partial charge >= 0.3 is 0 Å². The van der Waals surface area contributed by atoms with Crippen LogP contribution in [0, 0.1) is 0 Å². The van der Waals surface area contributed by atoms with Crippen molar-refractivity contribution in [1.29, 1.82) is 0 Å². The minimum Gasteiger partial charge on any atom is -0.494 e. The Balaban J connectivity index is 2.01. The molecule has 1 saturated heterocycles. The molecule has 3 nitrogen and oxygen atoms in total. The number of nitrogens with one attached hydrogen (secondary N) is 1. The van der Waals surface area contributed by atoms with Gasteiger partial charge in [0, 0.05) is 37.8 Å². The van der Waals surface area contributed by atoms with E-state index in [2.05, 4.69) is 35.3 Å². The maximum absolute atomic E-state index is 5.66. The molecular weight excluding hydrogens is 212 g/mol. The number of para-hydroxylation sites is 1. The molecule has 0 saturated carbocycles. The molecule has 2 rings (SSSR count). The van der Waals surface area contributed by atoms with E-state index in [1.54, 1.807) is 0 Å². The zero-order chi connectivity index (χ0) is 12.1. The molecule has 0 amide bonds. The second kappa shape index (κ2) is 6.03. The Hall–Kier alpha value is -1.06. The molecule has 1 atom stereocenters. The number of nitrogens with zero attached hydrogens (tertiary/aromatic N) is 1. The fraction of sp³-hybridized carbons (Fsp3) is 0.571. The van der Waals surface area contributed by atoms with Gasteiger partial charge in [-0.25, -0.2) is 0 Å². The molecule has 0 radical (unpaired) electrons. The minimum atomic E-state index is 0.586. The fourth-order valence-corrected chi connectivity index (χ4v) is 2.33. The molecule has 0 spiro atoms. The molecule has 0 aliphatic carbocycles. The number of benzene rings is 1. The minimum absolute atomic E-state index is 0.586. The van der Waals surface area contributed by atoms with E-state index in [9.17, 15) is 0 Å². The lowest BCUT2D eigenvalue weighted by molar-refractivity contribution is 0.196. The highest BCUT2D eigenvalue weighted by atomic mass is 16.5. The van der Waals surface area contributed by atoms with Gasteiger partial charge in [0.15, 0.2) is 0 Å². The van der Waals surface area contributed by atoms with Crippen LogP contribution in [0.3, 0.4) is 0 Å². The lowest BCUT2D eigenvalue weighted by Crippen LogP contribution is -2.48. The van der Waals surface area contributed by atoms with Gasteiger partial charge in [-0.05, 0) is 19.9 Å². The van der Waals surface area contributed by atoms with Gasteiger partial charge in [0.05, 0.1) is 6.61 Å². The smallest absolute Gasteiger partial charge is 0.123 e. The van der Waals surface area contributed by atoms with Crippen LogP contribution in [0.25, 0.3) is 0 Å². The topological polar surface area (TPSA) is 24.5 Å². The molecule has 1 aliphatic heterocycles. The van der Waals surface area contributed by atoms with E-state index in [0.717, 1.165) is 38.5 Å².